The van der Waals surface area contributed by atoms with Gasteiger partial charge in [-0.05, 0) is 25.5 Å². The van der Waals surface area contributed by atoms with Crippen LogP contribution >= 0.6 is 11.8 Å². The molecule has 8 heteroatoms. The molecule has 0 amide bonds. The highest BCUT2D eigenvalue weighted by molar-refractivity contribution is 8.02. The van der Waals surface area contributed by atoms with Gasteiger partial charge in [-0.3, -0.25) is 4.90 Å². The summed E-state index contributed by atoms with van der Waals surface area (Å²) in [6.07, 6.45) is -1.55. The summed E-state index contributed by atoms with van der Waals surface area (Å²) in [4.78, 5) is 4.17. The minimum absolute atomic E-state index is 0.104. The molecule has 1 heterocycles. The Balaban J connectivity index is 1.61. The summed E-state index contributed by atoms with van der Waals surface area (Å²) in [6, 6.07) is 3.82. The molecule has 4 aliphatic rings. The quantitative estimate of drug-likeness (QED) is 0.738. The Morgan fingerprint density at radius 3 is 1.96 bits per heavy atom. The number of nitrogens with zero attached hydrogens (tertiary/aromatic N) is 4. The molecule has 23 heavy (non-hydrogen) atoms. The zero-order chi connectivity index (χ0) is 16.9. The standard InChI is InChI=1S/C15H17F3N4S/c1-23-12(11(6-19)7-20)21-2-4-22(5-3-21)14-8-13(9-14,10-14)15(16,17)18/h2-5,8-10H2,1H3. The van der Waals surface area contributed by atoms with Crippen molar-refractivity contribution in [3.63, 3.8) is 0 Å². The van der Waals surface area contributed by atoms with Crippen molar-refractivity contribution in [2.75, 3.05) is 32.4 Å². The molecule has 4 rings (SSSR count). The number of alkyl halides is 3. The van der Waals surface area contributed by atoms with Crippen LogP contribution < -0.4 is 0 Å². The second-order valence-corrected chi connectivity index (χ2v) is 7.41. The third kappa shape index (κ3) is 2.31. The predicted octanol–water partition coefficient (Wildman–Crippen LogP) is 2.71. The Morgan fingerprint density at radius 2 is 1.57 bits per heavy atom. The van der Waals surface area contributed by atoms with E-state index < -0.39 is 11.6 Å². The van der Waals surface area contributed by atoms with Crippen LogP contribution in [0.4, 0.5) is 13.2 Å². The van der Waals surface area contributed by atoms with Gasteiger partial charge in [0.15, 0.2) is 5.57 Å². The summed E-state index contributed by atoms with van der Waals surface area (Å²) in [5.41, 5.74) is -1.56. The van der Waals surface area contributed by atoms with E-state index in [1.807, 2.05) is 23.3 Å². The van der Waals surface area contributed by atoms with Gasteiger partial charge in [0, 0.05) is 31.7 Å². The summed E-state index contributed by atoms with van der Waals surface area (Å²) in [5, 5.41) is 18.7. The topological polar surface area (TPSA) is 54.1 Å². The average Bonchev–Trinajstić information content (AvgIpc) is 2.41. The first-order valence-corrected chi connectivity index (χ1v) is 8.68. The molecule has 0 unspecified atom stereocenters. The predicted molar refractivity (Wildman–Crippen MR) is 80.0 cm³/mol. The van der Waals surface area contributed by atoms with Crippen LogP contribution in [0, 0.1) is 28.1 Å². The number of thioether (sulfide) groups is 1. The van der Waals surface area contributed by atoms with Crippen molar-refractivity contribution in [3.8, 4) is 12.1 Å². The van der Waals surface area contributed by atoms with Crippen molar-refractivity contribution in [1.29, 1.82) is 10.5 Å². The van der Waals surface area contributed by atoms with Gasteiger partial charge in [-0.1, -0.05) is 0 Å². The summed E-state index contributed by atoms with van der Waals surface area (Å²) in [7, 11) is 0. The number of allylic oxidation sites excluding steroid dienone is 1. The smallest absolute Gasteiger partial charge is 0.362 e. The second-order valence-electron chi connectivity index (χ2n) is 6.61. The Hall–Kier alpha value is -1.38. The van der Waals surface area contributed by atoms with Crippen LogP contribution in [-0.4, -0.2) is 53.9 Å². The molecule has 0 aromatic rings. The molecule has 124 valence electrons. The highest BCUT2D eigenvalue weighted by atomic mass is 32.2. The number of halogens is 3. The molecular formula is C15H17F3N4S. The Morgan fingerprint density at radius 1 is 1.04 bits per heavy atom. The number of hydrogen-bond acceptors (Lipinski definition) is 5. The van der Waals surface area contributed by atoms with E-state index in [0.717, 1.165) is 0 Å². The van der Waals surface area contributed by atoms with Crippen molar-refractivity contribution in [1.82, 2.24) is 9.80 Å². The highest BCUT2D eigenvalue weighted by Gasteiger charge is 2.79. The minimum atomic E-state index is -4.07. The van der Waals surface area contributed by atoms with Crippen LogP contribution in [0.15, 0.2) is 10.6 Å². The fraction of sp³-hybridized carbons (Fsp3) is 0.733. The monoisotopic (exact) mass is 342 g/mol. The van der Waals surface area contributed by atoms with Crippen molar-refractivity contribution in [2.24, 2.45) is 5.41 Å². The summed E-state index contributed by atoms with van der Waals surface area (Å²) >= 11 is 1.37. The van der Waals surface area contributed by atoms with Gasteiger partial charge in [0.2, 0.25) is 0 Å². The second kappa shape index (κ2) is 5.32. The molecule has 0 N–H and O–H groups in total. The van der Waals surface area contributed by atoms with Gasteiger partial charge in [-0.2, -0.15) is 23.7 Å². The van der Waals surface area contributed by atoms with Gasteiger partial charge in [0.05, 0.1) is 10.4 Å². The number of rotatable bonds is 3. The van der Waals surface area contributed by atoms with Crippen LogP contribution in [0.5, 0.6) is 0 Å². The first-order valence-electron chi connectivity index (χ1n) is 7.46. The zero-order valence-electron chi connectivity index (χ0n) is 12.8. The van der Waals surface area contributed by atoms with Gasteiger partial charge in [0.1, 0.15) is 12.1 Å². The van der Waals surface area contributed by atoms with E-state index in [9.17, 15) is 13.2 Å². The lowest BCUT2D eigenvalue weighted by molar-refractivity contribution is -0.363. The molecule has 3 saturated carbocycles. The molecule has 2 bridgehead atoms. The molecule has 0 aromatic heterocycles. The highest BCUT2D eigenvalue weighted by Crippen LogP contribution is 2.75. The van der Waals surface area contributed by atoms with Crippen LogP contribution in [0.3, 0.4) is 0 Å². The van der Waals surface area contributed by atoms with Crippen LogP contribution in [0.1, 0.15) is 19.3 Å². The van der Waals surface area contributed by atoms with Crippen LogP contribution in [-0.2, 0) is 0 Å². The molecule has 0 aromatic carbocycles. The molecule has 4 nitrogen and oxygen atoms in total. The Bertz CT molecular complexity index is 584. The van der Waals surface area contributed by atoms with Gasteiger partial charge >= 0.3 is 6.18 Å². The van der Waals surface area contributed by atoms with E-state index in [4.69, 9.17) is 10.5 Å². The largest absolute Gasteiger partial charge is 0.394 e. The third-order valence-electron chi connectivity index (χ3n) is 5.47. The first kappa shape index (κ1) is 16.5. The lowest BCUT2D eigenvalue weighted by Crippen LogP contribution is -2.79. The number of piperazine rings is 1. The SMILES string of the molecule is CSC(=C(C#N)C#N)N1CCN(C23CC(C(F)(F)F)(C2)C3)CC1. The average molecular weight is 342 g/mol. The maximum absolute atomic E-state index is 12.9. The van der Waals surface area contributed by atoms with E-state index in [2.05, 4.69) is 4.90 Å². The number of nitriles is 2. The third-order valence-corrected chi connectivity index (χ3v) is 6.32. The van der Waals surface area contributed by atoms with E-state index in [-0.39, 0.29) is 30.4 Å². The molecule has 0 atom stereocenters. The maximum atomic E-state index is 12.9. The Kier molecular flexibility index (Phi) is 3.81. The van der Waals surface area contributed by atoms with Gasteiger partial charge < -0.3 is 4.90 Å². The van der Waals surface area contributed by atoms with Crippen molar-refractivity contribution >= 4 is 11.8 Å². The van der Waals surface area contributed by atoms with Crippen molar-refractivity contribution in [3.05, 3.63) is 10.6 Å². The van der Waals surface area contributed by atoms with Gasteiger partial charge in [-0.15, -0.1) is 11.8 Å². The summed E-state index contributed by atoms with van der Waals surface area (Å²) < 4.78 is 38.8. The molecule has 0 spiro atoms. The normalized spacial score (nSPS) is 33.0. The van der Waals surface area contributed by atoms with E-state index >= 15 is 0 Å². The molecule has 1 aliphatic heterocycles. The van der Waals surface area contributed by atoms with E-state index in [0.29, 0.717) is 31.2 Å². The van der Waals surface area contributed by atoms with Crippen molar-refractivity contribution in [2.45, 2.75) is 31.0 Å². The number of hydrogen-bond donors (Lipinski definition) is 0. The van der Waals surface area contributed by atoms with E-state index in [1.54, 1.807) is 0 Å². The summed E-state index contributed by atoms with van der Waals surface area (Å²) in [5.74, 6) is 0. The van der Waals surface area contributed by atoms with Gasteiger partial charge in [-0.25, -0.2) is 0 Å². The fourth-order valence-electron chi connectivity index (χ4n) is 4.26. The molecule has 3 aliphatic carbocycles. The lowest BCUT2D eigenvalue weighted by Gasteiger charge is -2.74. The minimum Gasteiger partial charge on any atom is -0.362 e. The van der Waals surface area contributed by atoms with E-state index in [1.165, 1.54) is 11.8 Å². The molecule has 0 radical (unpaired) electrons. The van der Waals surface area contributed by atoms with Crippen LogP contribution in [0.25, 0.3) is 0 Å². The zero-order valence-corrected chi connectivity index (χ0v) is 13.6. The van der Waals surface area contributed by atoms with Gasteiger partial charge in [0.25, 0.3) is 0 Å². The fourth-order valence-corrected chi connectivity index (χ4v) is 5.00. The maximum Gasteiger partial charge on any atom is 0.394 e. The molecule has 1 saturated heterocycles. The molecule has 4 fully saturated rings. The van der Waals surface area contributed by atoms with Crippen LogP contribution in [0.2, 0.25) is 0 Å². The lowest BCUT2D eigenvalue weighted by atomic mass is 9.38. The summed E-state index contributed by atoms with van der Waals surface area (Å²) in [6.45, 7) is 2.65. The Labute approximate surface area is 137 Å². The first-order chi connectivity index (χ1) is 10.8. The molecular weight excluding hydrogens is 325 g/mol. The van der Waals surface area contributed by atoms with Crippen molar-refractivity contribution < 1.29 is 13.2 Å².